The van der Waals surface area contributed by atoms with E-state index in [1.165, 1.54) is 7.11 Å². The van der Waals surface area contributed by atoms with Crippen molar-refractivity contribution in [2.24, 2.45) is 0 Å². The fraction of sp³-hybridized carbons (Fsp3) is 0.545. The molecular weight excluding hydrogens is 194 g/mol. The van der Waals surface area contributed by atoms with Gasteiger partial charge in [-0.25, -0.2) is 0 Å². The predicted octanol–water partition coefficient (Wildman–Crippen LogP) is 1.36. The molecule has 1 N–H and O–H groups in total. The van der Waals surface area contributed by atoms with Crippen LogP contribution in [-0.4, -0.2) is 25.2 Å². The van der Waals surface area contributed by atoms with Crippen molar-refractivity contribution in [3.8, 4) is 0 Å². The largest absolute Gasteiger partial charge is 0.469 e. The molecule has 4 heteroatoms. The van der Waals surface area contributed by atoms with Crippen LogP contribution in [-0.2, 0) is 16.0 Å². The van der Waals surface area contributed by atoms with E-state index in [-0.39, 0.29) is 11.9 Å². The summed E-state index contributed by atoms with van der Waals surface area (Å²) in [7, 11) is 1.52. The molecule has 1 aromatic rings. The normalized spacial score (nSPS) is 14.6. The number of ether oxygens (including phenoxy) is 1. The first kappa shape index (κ1) is 11.8. The van der Waals surface area contributed by atoms with Gasteiger partial charge in [-0.2, -0.15) is 0 Å². The Morgan fingerprint density at radius 3 is 2.87 bits per heavy atom. The maximum absolute atomic E-state index is 11.4. The quantitative estimate of drug-likeness (QED) is 0.800. The molecule has 15 heavy (non-hydrogen) atoms. The van der Waals surface area contributed by atoms with Crippen molar-refractivity contribution >= 4 is 5.91 Å². The average molecular weight is 211 g/mol. The minimum absolute atomic E-state index is 0.0428. The van der Waals surface area contributed by atoms with Crippen LogP contribution in [0.5, 0.6) is 0 Å². The first-order chi connectivity index (χ1) is 7.13. The summed E-state index contributed by atoms with van der Waals surface area (Å²) in [4.78, 5) is 11.4. The molecule has 0 aromatic carbocycles. The Hall–Kier alpha value is -1.29. The van der Waals surface area contributed by atoms with E-state index in [1.807, 2.05) is 19.1 Å². The number of methoxy groups -OCH3 is 1. The molecule has 0 bridgehead atoms. The number of amides is 1. The van der Waals surface area contributed by atoms with E-state index in [2.05, 4.69) is 5.32 Å². The molecule has 4 nitrogen and oxygen atoms in total. The van der Waals surface area contributed by atoms with Crippen molar-refractivity contribution in [2.75, 3.05) is 7.11 Å². The molecule has 0 saturated heterocycles. The van der Waals surface area contributed by atoms with E-state index in [9.17, 15) is 4.79 Å². The predicted molar refractivity (Wildman–Crippen MR) is 56.5 cm³/mol. The molecule has 1 heterocycles. The van der Waals surface area contributed by atoms with Gasteiger partial charge in [-0.05, 0) is 26.0 Å². The highest BCUT2D eigenvalue weighted by atomic mass is 16.5. The summed E-state index contributed by atoms with van der Waals surface area (Å²) in [6, 6.07) is 3.77. The number of furan rings is 1. The molecule has 0 aliphatic heterocycles. The van der Waals surface area contributed by atoms with Gasteiger partial charge in [-0.3, -0.25) is 4.79 Å². The van der Waals surface area contributed by atoms with E-state index in [4.69, 9.17) is 9.15 Å². The zero-order valence-electron chi connectivity index (χ0n) is 9.32. The summed E-state index contributed by atoms with van der Waals surface area (Å²) in [5.74, 6) is 0.768. The minimum Gasteiger partial charge on any atom is -0.469 e. The third kappa shape index (κ3) is 3.75. The fourth-order valence-electron chi connectivity index (χ4n) is 1.25. The lowest BCUT2D eigenvalue weighted by Gasteiger charge is -2.15. The number of carbonyl (C=O) groups is 1. The second-order valence-electron chi connectivity index (χ2n) is 3.57. The van der Waals surface area contributed by atoms with Crippen LogP contribution in [0.1, 0.15) is 19.6 Å². The summed E-state index contributed by atoms with van der Waals surface area (Å²) in [6.07, 6.45) is 1.90. The first-order valence-electron chi connectivity index (χ1n) is 4.99. The first-order valence-corrected chi connectivity index (χ1v) is 4.99. The van der Waals surface area contributed by atoms with Gasteiger partial charge in [0.2, 0.25) is 5.91 Å². The Kier molecular flexibility index (Phi) is 4.37. The Bertz CT molecular complexity index is 295. The minimum atomic E-state index is -0.413. The lowest BCUT2D eigenvalue weighted by Crippen LogP contribution is -2.40. The van der Waals surface area contributed by atoms with E-state index in [1.54, 1.807) is 13.2 Å². The molecule has 0 radical (unpaired) electrons. The van der Waals surface area contributed by atoms with Gasteiger partial charge >= 0.3 is 0 Å². The SMILES string of the molecule is COC(C)C(=O)NC(C)Cc1ccco1. The van der Waals surface area contributed by atoms with Crippen molar-refractivity contribution in [1.82, 2.24) is 5.32 Å². The molecule has 1 amide bonds. The van der Waals surface area contributed by atoms with Gasteiger partial charge in [0, 0.05) is 19.6 Å². The summed E-state index contributed by atoms with van der Waals surface area (Å²) < 4.78 is 10.1. The second-order valence-corrected chi connectivity index (χ2v) is 3.57. The lowest BCUT2D eigenvalue weighted by atomic mass is 10.2. The van der Waals surface area contributed by atoms with E-state index in [0.717, 1.165) is 5.76 Å². The Balaban J connectivity index is 2.36. The Labute approximate surface area is 89.6 Å². The zero-order chi connectivity index (χ0) is 11.3. The molecule has 1 aromatic heterocycles. The molecule has 0 spiro atoms. The van der Waals surface area contributed by atoms with E-state index < -0.39 is 6.10 Å². The van der Waals surface area contributed by atoms with E-state index in [0.29, 0.717) is 6.42 Å². The van der Waals surface area contributed by atoms with Gasteiger partial charge in [0.1, 0.15) is 11.9 Å². The van der Waals surface area contributed by atoms with Crippen molar-refractivity contribution in [1.29, 1.82) is 0 Å². The average Bonchev–Trinajstić information content (AvgIpc) is 2.68. The van der Waals surface area contributed by atoms with Crippen LogP contribution in [0.15, 0.2) is 22.8 Å². The number of carbonyl (C=O) groups excluding carboxylic acids is 1. The molecular formula is C11H17NO3. The topological polar surface area (TPSA) is 51.5 Å². The molecule has 2 unspecified atom stereocenters. The van der Waals surface area contributed by atoms with Gasteiger partial charge in [0.25, 0.3) is 0 Å². The van der Waals surface area contributed by atoms with Crippen LogP contribution in [0.3, 0.4) is 0 Å². The summed E-state index contributed by atoms with van der Waals surface area (Å²) in [5.41, 5.74) is 0. The number of nitrogens with one attached hydrogen (secondary N) is 1. The molecule has 2 atom stereocenters. The van der Waals surface area contributed by atoms with Crippen LogP contribution in [0.25, 0.3) is 0 Å². The molecule has 0 fully saturated rings. The van der Waals surface area contributed by atoms with Gasteiger partial charge in [0.15, 0.2) is 0 Å². The molecule has 0 saturated carbocycles. The fourth-order valence-corrected chi connectivity index (χ4v) is 1.25. The van der Waals surface area contributed by atoms with Crippen LogP contribution >= 0.6 is 0 Å². The highest BCUT2D eigenvalue weighted by Gasteiger charge is 2.14. The maximum atomic E-state index is 11.4. The Morgan fingerprint density at radius 1 is 1.60 bits per heavy atom. The standard InChI is InChI=1S/C11H17NO3/c1-8(7-10-5-4-6-15-10)12-11(13)9(2)14-3/h4-6,8-9H,7H2,1-3H3,(H,12,13). The summed E-state index contributed by atoms with van der Waals surface area (Å²) in [5, 5.41) is 2.84. The highest BCUT2D eigenvalue weighted by molar-refractivity contribution is 5.80. The molecule has 0 aliphatic carbocycles. The summed E-state index contributed by atoms with van der Waals surface area (Å²) in [6.45, 7) is 3.65. The van der Waals surface area contributed by atoms with Crippen LogP contribution in [0.2, 0.25) is 0 Å². The van der Waals surface area contributed by atoms with E-state index >= 15 is 0 Å². The highest BCUT2D eigenvalue weighted by Crippen LogP contribution is 2.04. The second kappa shape index (κ2) is 5.56. The zero-order valence-corrected chi connectivity index (χ0v) is 9.32. The maximum Gasteiger partial charge on any atom is 0.249 e. The monoisotopic (exact) mass is 211 g/mol. The third-order valence-corrected chi connectivity index (χ3v) is 2.20. The van der Waals surface area contributed by atoms with Crippen LogP contribution in [0.4, 0.5) is 0 Å². The molecule has 1 rings (SSSR count). The summed E-state index contributed by atoms with van der Waals surface area (Å²) >= 11 is 0. The van der Waals surface area contributed by atoms with Crippen molar-refractivity contribution in [2.45, 2.75) is 32.4 Å². The molecule has 0 aliphatic rings. The van der Waals surface area contributed by atoms with Crippen molar-refractivity contribution in [3.63, 3.8) is 0 Å². The van der Waals surface area contributed by atoms with Gasteiger partial charge in [-0.1, -0.05) is 0 Å². The smallest absolute Gasteiger partial charge is 0.249 e. The van der Waals surface area contributed by atoms with Crippen LogP contribution < -0.4 is 5.32 Å². The lowest BCUT2D eigenvalue weighted by molar-refractivity contribution is -0.130. The van der Waals surface area contributed by atoms with Crippen molar-refractivity contribution in [3.05, 3.63) is 24.2 Å². The third-order valence-electron chi connectivity index (χ3n) is 2.20. The number of rotatable bonds is 5. The Morgan fingerprint density at radius 2 is 2.33 bits per heavy atom. The molecule has 84 valence electrons. The van der Waals surface area contributed by atoms with Gasteiger partial charge < -0.3 is 14.5 Å². The van der Waals surface area contributed by atoms with Crippen molar-refractivity contribution < 1.29 is 13.9 Å². The number of hydrogen-bond acceptors (Lipinski definition) is 3. The number of hydrogen-bond donors (Lipinski definition) is 1. The van der Waals surface area contributed by atoms with Crippen LogP contribution in [0, 0.1) is 0 Å². The van der Waals surface area contributed by atoms with Gasteiger partial charge in [0.05, 0.1) is 6.26 Å². The van der Waals surface area contributed by atoms with Gasteiger partial charge in [-0.15, -0.1) is 0 Å².